The quantitative estimate of drug-likeness (QED) is 0.613. The molecule has 1 aliphatic rings. The Morgan fingerprint density at radius 3 is 2.64 bits per heavy atom. The fourth-order valence-corrected chi connectivity index (χ4v) is 3.66. The standard InChI is InChI=1S/C22H27N3O3/c1-4-28-22(27)20(23-21(26)17-11-7-5-8-12-17)19-15(2)24-25(16(19)3)18-13-9-6-10-14-18/h5-7,9-10,13-14,17,20H,4,8,11-12H2,1-3H3,(H,23,26). The molecule has 1 amide bonds. The molecule has 148 valence electrons. The van der Waals surface area contributed by atoms with Gasteiger partial charge in [0.15, 0.2) is 6.04 Å². The van der Waals surface area contributed by atoms with Gasteiger partial charge in [0.25, 0.3) is 0 Å². The molecule has 0 spiro atoms. The van der Waals surface area contributed by atoms with E-state index in [-0.39, 0.29) is 18.4 Å². The van der Waals surface area contributed by atoms with Crippen molar-refractivity contribution in [3.05, 3.63) is 59.4 Å². The normalized spacial score (nSPS) is 17.2. The zero-order valence-corrected chi connectivity index (χ0v) is 16.6. The van der Waals surface area contributed by atoms with E-state index in [0.29, 0.717) is 17.7 Å². The topological polar surface area (TPSA) is 73.2 Å². The third-order valence-electron chi connectivity index (χ3n) is 5.09. The highest BCUT2D eigenvalue weighted by atomic mass is 16.5. The minimum atomic E-state index is -0.865. The Morgan fingerprint density at radius 2 is 2.00 bits per heavy atom. The number of ether oxygens (including phenoxy) is 1. The van der Waals surface area contributed by atoms with E-state index in [0.717, 1.165) is 24.2 Å². The molecule has 1 aromatic carbocycles. The van der Waals surface area contributed by atoms with Crippen molar-refractivity contribution < 1.29 is 14.3 Å². The van der Waals surface area contributed by atoms with E-state index in [2.05, 4.69) is 16.5 Å². The minimum absolute atomic E-state index is 0.117. The van der Waals surface area contributed by atoms with Crippen molar-refractivity contribution in [2.45, 2.75) is 46.1 Å². The largest absolute Gasteiger partial charge is 0.464 e. The lowest BCUT2D eigenvalue weighted by Crippen LogP contribution is -2.39. The Hall–Kier alpha value is -2.89. The Bertz CT molecular complexity index is 871. The van der Waals surface area contributed by atoms with E-state index >= 15 is 0 Å². The predicted octanol–water partition coefficient (Wildman–Crippen LogP) is 3.57. The van der Waals surface area contributed by atoms with Crippen LogP contribution in [-0.2, 0) is 14.3 Å². The van der Waals surface area contributed by atoms with Gasteiger partial charge in [0.1, 0.15) is 0 Å². The number of hydrogen-bond acceptors (Lipinski definition) is 4. The molecule has 2 atom stereocenters. The maximum Gasteiger partial charge on any atom is 0.333 e. The van der Waals surface area contributed by atoms with Gasteiger partial charge in [-0.15, -0.1) is 0 Å². The molecular weight excluding hydrogens is 354 g/mol. The van der Waals surface area contributed by atoms with E-state index in [4.69, 9.17) is 4.74 Å². The number of allylic oxidation sites excluding steroid dienone is 2. The van der Waals surface area contributed by atoms with Crippen LogP contribution in [-0.4, -0.2) is 28.3 Å². The monoisotopic (exact) mass is 381 g/mol. The van der Waals surface area contributed by atoms with Gasteiger partial charge < -0.3 is 10.1 Å². The second kappa shape index (κ2) is 8.87. The summed E-state index contributed by atoms with van der Waals surface area (Å²) in [6.45, 7) is 5.77. The molecule has 1 aromatic heterocycles. The first-order chi connectivity index (χ1) is 13.5. The average Bonchev–Trinajstić information content (AvgIpc) is 3.01. The molecule has 6 heteroatoms. The highest BCUT2D eigenvalue weighted by Gasteiger charge is 2.32. The fourth-order valence-electron chi connectivity index (χ4n) is 3.66. The molecule has 2 aromatic rings. The number of aromatic nitrogens is 2. The Morgan fingerprint density at radius 1 is 1.25 bits per heavy atom. The van der Waals surface area contributed by atoms with E-state index in [1.165, 1.54) is 0 Å². The van der Waals surface area contributed by atoms with Gasteiger partial charge in [-0.05, 0) is 52.2 Å². The average molecular weight is 381 g/mol. The van der Waals surface area contributed by atoms with Gasteiger partial charge in [-0.1, -0.05) is 30.4 Å². The molecule has 0 aliphatic heterocycles. The van der Waals surface area contributed by atoms with E-state index in [1.54, 1.807) is 11.6 Å². The summed E-state index contributed by atoms with van der Waals surface area (Å²) in [7, 11) is 0. The molecule has 0 fully saturated rings. The van der Waals surface area contributed by atoms with Gasteiger partial charge in [-0.2, -0.15) is 5.10 Å². The van der Waals surface area contributed by atoms with Crippen LogP contribution in [0.25, 0.3) is 5.69 Å². The predicted molar refractivity (Wildman–Crippen MR) is 107 cm³/mol. The number of nitrogens with one attached hydrogen (secondary N) is 1. The summed E-state index contributed by atoms with van der Waals surface area (Å²) >= 11 is 0. The third kappa shape index (κ3) is 4.16. The summed E-state index contributed by atoms with van der Waals surface area (Å²) in [5.74, 6) is -0.693. The summed E-state index contributed by atoms with van der Waals surface area (Å²) in [5.41, 5.74) is 3.11. The Labute approximate surface area is 165 Å². The molecule has 0 saturated carbocycles. The number of hydrogen-bond donors (Lipinski definition) is 1. The zero-order valence-electron chi connectivity index (χ0n) is 16.6. The van der Waals surface area contributed by atoms with Crippen molar-refractivity contribution in [2.24, 2.45) is 5.92 Å². The van der Waals surface area contributed by atoms with E-state index in [9.17, 15) is 9.59 Å². The lowest BCUT2D eigenvalue weighted by molar-refractivity contribution is -0.148. The van der Waals surface area contributed by atoms with Gasteiger partial charge in [0, 0.05) is 17.2 Å². The first-order valence-corrected chi connectivity index (χ1v) is 9.76. The van der Waals surface area contributed by atoms with Gasteiger partial charge in [-0.3, -0.25) is 4.79 Å². The van der Waals surface area contributed by atoms with E-state index in [1.807, 2.05) is 50.3 Å². The Balaban J connectivity index is 1.94. The first kappa shape index (κ1) is 19.9. The number of benzene rings is 1. The van der Waals surface area contributed by atoms with Crippen LogP contribution >= 0.6 is 0 Å². The molecule has 1 aliphatic carbocycles. The second-order valence-corrected chi connectivity index (χ2v) is 7.01. The number of carbonyl (C=O) groups excluding carboxylic acids is 2. The van der Waals surface area contributed by atoms with Crippen LogP contribution in [0.4, 0.5) is 0 Å². The fraction of sp³-hybridized carbons (Fsp3) is 0.409. The van der Waals surface area contributed by atoms with Crippen LogP contribution in [0.3, 0.4) is 0 Å². The number of rotatable bonds is 6. The molecule has 2 unspecified atom stereocenters. The Kier molecular flexibility index (Phi) is 6.29. The maximum atomic E-state index is 12.8. The van der Waals surface area contributed by atoms with Crippen LogP contribution < -0.4 is 5.32 Å². The summed E-state index contributed by atoms with van der Waals surface area (Å²) in [6, 6.07) is 8.86. The number of para-hydroxylation sites is 1. The molecule has 0 radical (unpaired) electrons. The first-order valence-electron chi connectivity index (χ1n) is 9.76. The van der Waals surface area contributed by atoms with Gasteiger partial charge >= 0.3 is 5.97 Å². The summed E-state index contributed by atoms with van der Waals surface area (Å²) in [6.07, 6.45) is 6.48. The molecular formula is C22H27N3O3. The summed E-state index contributed by atoms with van der Waals surface area (Å²) in [4.78, 5) is 25.5. The highest BCUT2D eigenvalue weighted by molar-refractivity contribution is 5.87. The van der Waals surface area contributed by atoms with Crippen LogP contribution in [0.5, 0.6) is 0 Å². The summed E-state index contributed by atoms with van der Waals surface area (Å²) in [5, 5.41) is 7.54. The summed E-state index contributed by atoms with van der Waals surface area (Å²) < 4.78 is 7.06. The number of amides is 1. The number of esters is 1. The molecule has 0 bridgehead atoms. The molecule has 28 heavy (non-hydrogen) atoms. The van der Waals surface area contributed by atoms with Crippen molar-refractivity contribution in [1.29, 1.82) is 0 Å². The number of carbonyl (C=O) groups is 2. The number of nitrogens with zero attached hydrogens (tertiary/aromatic N) is 2. The molecule has 6 nitrogen and oxygen atoms in total. The van der Waals surface area contributed by atoms with Crippen LogP contribution in [0.15, 0.2) is 42.5 Å². The lowest BCUT2D eigenvalue weighted by Gasteiger charge is -2.22. The molecule has 1 N–H and O–H groups in total. The van der Waals surface area contributed by atoms with Gasteiger partial charge in [0.2, 0.25) is 5.91 Å². The smallest absolute Gasteiger partial charge is 0.333 e. The lowest BCUT2D eigenvalue weighted by atomic mass is 9.93. The van der Waals surface area contributed by atoms with Crippen molar-refractivity contribution in [2.75, 3.05) is 6.61 Å². The molecule has 0 saturated heterocycles. The SMILES string of the molecule is CCOC(=O)C(NC(=O)C1CC=CCC1)c1c(C)nn(-c2ccccc2)c1C. The maximum absolute atomic E-state index is 12.8. The van der Waals surface area contributed by atoms with E-state index < -0.39 is 12.0 Å². The van der Waals surface area contributed by atoms with Gasteiger partial charge in [-0.25, -0.2) is 9.48 Å². The third-order valence-corrected chi connectivity index (χ3v) is 5.09. The van der Waals surface area contributed by atoms with Crippen LogP contribution in [0.2, 0.25) is 0 Å². The zero-order chi connectivity index (χ0) is 20.1. The molecule has 3 rings (SSSR count). The van der Waals surface area contributed by atoms with Crippen molar-refractivity contribution in [3.8, 4) is 5.69 Å². The van der Waals surface area contributed by atoms with Crippen molar-refractivity contribution in [1.82, 2.24) is 15.1 Å². The van der Waals surface area contributed by atoms with Crippen LogP contribution in [0.1, 0.15) is 49.2 Å². The minimum Gasteiger partial charge on any atom is -0.464 e. The van der Waals surface area contributed by atoms with Crippen molar-refractivity contribution in [3.63, 3.8) is 0 Å². The van der Waals surface area contributed by atoms with Crippen molar-refractivity contribution >= 4 is 11.9 Å². The second-order valence-electron chi connectivity index (χ2n) is 7.01. The number of aryl methyl sites for hydroxylation is 1. The highest BCUT2D eigenvalue weighted by Crippen LogP contribution is 2.27. The molecule has 1 heterocycles. The van der Waals surface area contributed by atoms with Gasteiger partial charge in [0.05, 0.1) is 18.0 Å². The van der Waals surface area contributed by atoms with Crippen LogP contribution in [0, 0.1) is 19.8 Å².